The van der Waals surface area contributed by atoms with Crippen LogP contribution in [-0.4, -0.2) is 6.61 Å². The van der Waals surface area contributed by atoms with Gasteiger partial charge < -0.3 is 4.74 Å². The van der Waals surface area contributed by atoms with E-state index in [1.165, 1.54) is 96.3 Å². The largest absolute Gasteiger partial charge is 0.373 e. The van der Waals surface area contributed by atoms with Crippen LogP contribution in [-0.2, 0) is 4.74 Å². The van der Waals surface area contributed by atoms with E-state index < -0.39 is 0 Å². The number of rotatable bonds is 19. The molecule has 0 aliphatic heterocycles. The number of hydrogen-bond donors (Lipinski definition) is 0. The second-order valence-electron chi connectivity index (χ2n) is 8.18. The maximum Gasteiger partial charge on any atom is 0.0840 e. The quantitative estimate of drug-likeness (QED) is 0.207. The molecular formula is C26H44ClO. The SMILES string of the molecule is [CH2]C(OCCCCCCCCCCCCCCCCCC)c1ccccc1Cl. The van der Waals surface area contributed by atoms with Crippen LogP contribution in [0.15, 0.2) is 24.3 Å². The zero-order chi connectivity index (χ0) is 20.3. The van der Waals surface area contributed by atoms with E-state index in [0.29, 0.717) is 0 Å². The summed E-state index contributed by atoms with van der Waals surface area (Å²) in [6, 6.07) is 7.81. The van der Waals surface area contributed by atoms with Gasteiger partial charge in [0.2, 0.25) is 0 Å². The minimum atomic E-state index is -0.162. The third kappa shape index (κ3) is 13.6. The highest BCUT2D eigenvalue weighted by Crippen LogP contribution is 2.24. The summed E-state index contributed by atoms with van der Waals surface area (Å²) < 4.78 is 5.83. The van der Waals surface area contributed by atoms with Crippen molar-refractivity contribution in [1.29, 1.82) is 0 Å². The smallest absolute Gasteiger partial charge is 0.0840 e. The molecule has 0 heterocycles. The second-order valence-corrected chi connectivity index (χ2v) is 8.59. The van der Waals surface area contributed by atoms with Gasteiger partial charge in [-0.05, 0) is 25.0 Å². The average Bonchev–Trinajstić information content (AvgIpc) is 2.70. The summed E-state index contributed by atoms with van der Waals surface area (Å²) in [6.07, 6.45) is 22.1. The molecule has 0 N–H and O–H groups in total. The Bertz CT molecular complexity index is 460. The van der Waals surface area contributed by atoms with E-state index in [1.807, 2.05) is 24.3 Å². The first-order valence-electron chi connectivity index (χ1n) is 11.9. The Morgan fingerprint density at radius 1 is 0.714 bits per heavy atom. The fraction of sp³-hybridized carbons (Fsp3) is 0.731. The molecule has 0 amide bonds. The molecule has 2 heteroatoms. The minimum absolute atomic E-state index is 0.162. The summed E-state index contributed by atoms with van der Waals surface area (Å²) in [5.41, 5.74) is 0.987. The molecule has 1 rings (SSSR count). The lowest BCUT2D eigenvalue weighted by Crippen LogP contribution is -2.02. The first-order chi connectivity index (χ1) is 13.8. The number of unbranched alkanes of at least 4 members (excludes halogenated alkanes) is 15. The van der Waals surface area contributed by atoms with Crippen molar-refractivity contribution in [2.75, 3.05) is 6.61 Å². The fourth-order valence-corrected chi connectivity index (χ4v) is 3.96. The third-order valence-electron chi connectivity index (χ3n) is 5.57. The van der Waals surface area contributed by atoms with E-state index in [4.69, 9.17) is 16.3 Å². The molecule has 28 heavy (non-hydrogen) atoms. The van der Waals surface area contributed by atoms with Crippen molar-refractivity contribution in [2.24, 2.45) is 0 Å². The Balaban J connectivity index is 1.79. The lowest BCUT2D eigenvalue weighted by atomic mass is 10.0. The Kier molecular flexibility index (Phi) is 16.8. The number of hydrogen-bond acceptors (Lipinski definition) is 1. The molecule has 0 saturated heterocycles. The first kappa shape index (κ1) is 25.5. The maximum absolute atomic E-state index is 6.18. The van der Waals surface area contributed by atoms with E-state index in [2.05, 4.69) is 13.8 Å². The molecular weight excluding hydrogens is 364 g/mol. The van der Waals surface area contributed by atoms with Crippen LogP contribution in [0.25, 0.3) is 0 Å². The Labute approximate surface area is 180 Å². The lowest BCUT2D eigenvalue weighted by Gasteiger charge is -2.14. The normalized spacial score (nSPS) is 12.4. The Hall–Kier alpha value is -0.530. The van der Waals surface area contributed by atoms with Crippen LogP contribution in [0.1, 0.15) is 121 Å². The molecule has 0 aliphatic carbocycles. The maximum atomic E-state index is 6.18. The van der Waals surface area contributed by atoms with Crippen molar-refractivity contribution in [2.45, 2.75) is 116 Å². The topological polar surface area (TPSA) is 9.23 Å². The molecule has 0 fully saturated rings. The van der Waals surface area contributed by atoms with Gasteiger partial charge in [-0.2, -0.15) is 0 Å². The molecule has 0 spiro atoms. The predicted molar refractivity (Wildman–Crippen MR) is 125 cm³/mol. The molecule has 1 aromatic rings. The summed E-state index contributed by atoms with van der Waals surface area (Å²) in [5.74, 6) is 0. The van der Waals surface area contributed by atoms with Gasteiger partial charge in [-0.25, -0.2) is 0 Å². The van der Waals surface area contributed by atoms with Crippen LogP contribution >= 0.6 is 11.6 Å². The van der Waals surface area contributed by atoms with Crippen molar-refractivity contribution in [1.82, 2.24) is 0 Å². The van der Waals surface area contributed by atoms with Crippen molar-refractivity contribution in [3.8, 4) is 0 Å². The first-order valence-corrected chi connectivity index (χ1v) is 12.3. The lowest BCUT2D eigenvalue weighted by molar-refractivity contribution is 0.0801. The van der Waals surface area contributed by atoms with Crippen molar-refractivity contribution < 1.29 is 4.74 Å². The fourth-order valence-electron chi connectivity index (χ4n) is 3.70. The second kappa shape index (κ2) is 18.5. The Morgan fingerprint density at radius 2 is 1.14 bits per heavy atom. The zero-order valence-corrected chi connectivity index (χ0v) is 19.2. The molecule has 0 saturated carbocycles. The van der Waals surface area contributed by atoms with Crippen molar-refractivity contribution in [3.05, 3.63) is 41.8 Å². The van der Waals surface area contributed by atoms with Crippen LogP contribution in [0.4, 0.5) is 0 Å². The predicted octanol–water partition coefficient (Wildman–Crippen LogP) is 9.49. The number of benzene rings is 1. The van der Waals surface area contributed by atoms with E-state index >= 15 is 0 Å². The van der Waals surface area contributed by atoms with Gasteiger partial charge in [0.1, 0.15) is 0 Å². The highest BCUT2D eigenvalue weighted by molar-refractivity contribution is 6.31. The van der Waals surface area contributed by atoms with Gasteiger partial charge in [0.25, 0.3) is 0 Å². The third-order valence-corrected chi connectivity index (χ3v) is 5.91. The standard InChI is InChI=1S/C26H44ClO/c1-3-4-5-6-7-8-9-10-11-12-13-14-15-16-17-20-23-28-24(2)25-21-18-19-22-26(25)27/h18-19,21-22,24H,2-17,20,23H2,1H3. The molecule has 0 bridgehead atoms. The van der Waals surface area contributed by atoms with Gasteiger partial charge in [-0.3, -0.25) is 0 Å². The monoisotopic (exact) mass is 407 g/mol. The van der Waals surface area contributed by atoms with E-state index in [9.17, 15) is 0 Å². The summed E-state index contributed by atoms with van der Waals surface area (Å²) in [5, 5.41) is 0.745. The van der Waals surface area contributed by atoms with E-state index in [1.54, 1.807) is 0 Å². The van der Waals surface area contributed by atoms with Crippen LogP contribution < -0.4 is 0 Å². The summed E-state index contributed by atoms with van der Waals surface area (Å²) in [4.78, 5) is 0. The minimum Gasteiger partial charge on any atom is -0.373 e. The molecule has 0 aromatic heterocycles. The average molecular weight is 408 g/mol. The van der Waals surface area contributed by atoms with Crippen molar-refractivity contribution in [3.63, 3.8) is 0 Å². The molecule has 1 unspecified atom stereocenters. The summed E-state index contributed by atoms with van der Waals surface area (Å²) in [7, 11) is 0. The molecule has 1 aromatic carbocycles. The van der Waals surface area contributed by atoms with Gasteiger partial charge in [-0.15, -0.1) is 0 Å². The van der Waals surface area contributed by atoms with E-state index in [0.717, 1.165) is 23.6 Å². The van der Waals surface area contributed by atoms with Gasteiger partial charge in [0.15, 0.2) is 0 Å². The molecule has 1 atom stereocenters. The highest BCUT2D eigenvalue weighted by Gasteiger charge is 2.08. The number of ether oxygens (including phenoxy) is 1. The van der Waals surface area contributed by atoms with Gasteiger partial charge >= 0.3 is 0 Å². The summed E-state index contributed by atoms with van der Waals surface area (Å²) >= 11 is 6.18. The van der Waals surface area contributed by atoms with Crippen molar-refractivity contribution >= 4 is 11.6 Å². The highest BCUT2D eigenvalue weighted by atomic mass is 35.5. The van der Waals surface area contributed by atoms with Gasteiger partial charge in [0.05, 0.1) is 6.10 Å². The molecule has 1 radical (unpaired) electrons. The number of halogens is 1. The van der Waals surface area contributed by atoms with Crippen LogP contribution in [0.2, 0.25) is 5.02 Å². The zero-order valence-electron chi connectivity index (χ0n) is 18.4. The van der Waals surface area contributed by atoms with Gasteiger partial charge in [-0.1, -0.05) is 133 Å². The summed E-state index contributed by atoms with van der Waals surface area (Å²) in [6.45, 7) is 7.14. The van der Waals surface area contributed by atoms with Crippen LogP contribution in [0.3, 0.4) is 0 Å². The molecule has 0 aliphatic rings. The van der Waals surface area contributed by atoms with Crippen LogP contribution in [0, 0.1) is 6.92 Å². The molecule has 161 valence electrons. The van der Waals surface area contributed by atoms with Crippen LogP contribution in [0.5, 0.6) is 0 Å². The Morgan fingerprint density at radius 3 is 1.61 bits per heavy atom. The molecule has 1 nitrogen and oxygen atoms in total. The van der Waals surface area contributed by atoms with Gasteiger partial charge in [0, 0.05) is 11.6 Å². The van der Waals surface area contributed by atoms with E-state index in [-0.39, 0.29) is 6.10 Å².